The van der Waals surface area contributed by atoms with Crippen molar-refractivity contribution >= 4 is 5.97 Å². The number of aryl methyl sites for hydroxylation is 1. The molecule has 0 fully saturated rings. The Morgan fingerprint density at radius 2 is 2.43 bits per heavy atom. The smallest absolute Gasteiger partial charge is 0.309 e. The van der Waals surface area contributed by atoms with Crippen molar-refractivity contribution in [1.29, 1.82) is 0 Å². The molecular formula is C9H15N3O2. The van der Waals surface area contributed by atoms with Gasteiger partial charge >= 0.3 is 5.97 Å². The van der Waals surface area contributed by atoms with Crippen LogP contribution in [-0.4, -0.2) is 27.6 Å². The summed E-state index contributed by atoms with van der Waals surface area (Å²) in [6, 6.07) is 0. The van der Waals surface area contributed by atoms with Crippen LogP contribution >= 0.6 is 0 Å². The average molecular weight is 197 g/mol. The van der Waals surface area contributed by atoms with E-state index >= 15 is 0 Å². The Hall–Kier alpha value is -1.39. The summed E-state index contributed by atoms with van der Waals surface area (Å²) in [6.07, 6.45) is 2.28. The van der Waals surface area contributed by atoms with Crippen LogP contribution in [0.2, 0.25) is 0 Å². The van der Waals surface area contributed by atoms with E-state index in [1.807, 2.05) is 6.92 Å². The van der Waals surface area contributed by atoms with Crippen molar-refractivity contribution in [2.75, 3.05) is 6.61 Å². The number of aromatic nitrogens is 3. The monoisotopic (exact) mass is 197 g/mol. The number of esters is 1. The molecule has 0 saturated carbocycles. The van der Waals surface area contributed by atoms with E-state index in [1.165, 1.54) is 0 Å². The van der Waals surface area contributed by atoms with E-state index in [1.54, 1.807) is 24.9 Å². The maximum Gasteiger partial charge on any atom is 0.309 e. The van der Waals surface area contributed by atoms with Gasteiger partial charge in [-0.05, 0) is 6.92 Å². The lowest BCUT2D eigenvalue weighted by atomic mass is 10.1. The zero-order valence-corrected chi connectivity index (χ0v) is 8.73. The van der Waals surface area contributed by atoms with Crippen LogP contribution in [0.25, 0.3) is 0 Å². The summed E-state index contributed by atoms with van der Waals surface area (Å²) < 4.78 is 6.57. The van der Waals surface area contributed by atoms with E-state index in [0.29, 0.717) is 13.0 Å². The van der Waals surface area contributed by atoms with E-state index < -0.39 is 0 Å². The molecule has 0 N–H and O–H groups in total. The molecule has 5 nitrogen and oxygen atoms in total. The lowest BCUT2D eigenvalue weighted by Crippen LogP contribution is -2.18. The second kappa shape index (κ2) is 4.74. The maximum atomic E-state index is 11.3. The standard InChI is InChI=1S/C9H15N3O2/c1-4-14-9(13)7(2)5-8-6-10-11-12(8)3/h6-7H,4-5H2,1-3H3. The number of carbonyl (C=O) groups excluding carboxylic acids is 1. The van der Waals surface area contributed by atoms with Gasteiger partial charge in [-0.3, -0.25) is 9.48 Å². The van der Waals surface area contributed by atoms with Gasteiger partial charge in [-0.25, -0.2) is 0 Å². The van der Waals surface area contributed by atoms with Gasteiger partial charge in [0.1, 0.15) is 0 Å². The molecule has 0 aliphatic rings. The highest BCUT2D eigenvalue weighted by Crippen LogP contribution is 2.07. The number of hydrogen-bond donors (Lipinski definition) is 0. The van der Waals surface area contributed by atoms with Crippen LogP contribution < -0.4 is 0 Å². The predicted molar refractivity (Wildman–Crippen MR) is 50.5 cm³/mol. The highest BCUT2D eigenvalue weighted by atomic mass is 16.5. The summed E-state index contributed by atoms with van der Waals surface area (Å²) >= 11 is 0. The second-order valence-electron chi connectivity index (χ2n) is 3.21. The average Bonchev–Trinajstić information content (AvgIpc) is 2.52. The molecule has 1 heterocycles. The van der Waals surface area contributed by atoms with Crippen LogP contribution in [0.15, 0.2) is 6.20 Å². The third-order valence-electron chi connectivity index (χ3n) is 2.01. The van der Waals surface area contributed by atoms with Gasteiger partial charge in [-0.2, -0.15) is 0 Å². The summed E-state index contributed by atoms with van der Waals surface area (Å²) in [5.74, 6) is -0.319. The van der Waals surface area contributed by atoms with Crippen LogP contribution in [-0.2, 0) is 23.0 Å². The number of ether oxygens (including phenoxy) is 1. The van der Waals surface area contributed by atoms with Crippen molar-refractivity contribution in [2.45, 2.75) is 20.3 Å². The molecule has 5 heteroatoms. The van der Waals surface area contributed by atoms with Crippen molar-refractivity contribution in [2.24, 2.45) is 13.0 Å². The maximum absolute atomic E-state index is 11.3. The van der Waals surface area contributed by atoms with Gasteiger partial charge in [0.2, 0.25) is 0 Å². The molecular weight excluding hydrogens is 182 g/mol. The molecule has 0 saturated heterocycles. The first-order valence-electron chi connectivity index (χ1n) is 4.65. The van der Waals surface area contributed by atoms with Crippen molar-refractivity contribution in [3.8, 4) is 0 Å². The normalized spacial score (nSPS) is 12.5. The van der Waals surface area contributed by atoms with Gasteiger partial charge in [0, 0.05) is 13.5 Å². The summed E-state index contributed by atoms with van der Waals surface area (Å²) in [7, 11) is 1.81. The third kappa shape index (κ3) is 2.55. The van der Waals surface area contributed by atoms with Crippen molar-refractivity contribution in [3.63, 3.8) is 0 Å². The summed E-state index contributed by atoms with van der Waals surface area (Å²) in [5.41, 5.74) is 0.936. The molecule has 0 spiro atoms. The molecule has 1 aromatic rings. The Bertz CT molecular complexity index is 309. The highest BCUT2D eigenvalue weighted by molar-refractivity contribution is 5.72. The lowest BCUT2D eigenvalue weighted by molar-refractivity contribution is -0.147. The fraction of sp³-hybridized carbons (Fsp3) is 0.667. The molecule has 0 aliphatic carbocycles. The van der Waals surface area contributed by atoms with Crippen molar-refractivity contribution in [3.05, 3.63) is 11.9 Å². The summed E-state index contributed by atoms with van der Waals surface area (Å²) in [6.45, 7) is 4.06. The summed E-state index contributed by atoms with van der Waals surface area (Å²) in [4.78, 5) is 11.3. The predicted octanol–water partition coefficient (Wildman–Crippen LogP) is 0.557. The number of hydrogen-bond acceptors (Lipinski definition) is 4. The SMILES string of the molecule is CCOC(=O)C(C)Cc1cnnn1C. The first-order chi connectivity index (χ1) is 6.65. The Morgan fingerprint density at radius 1 is 1.71 bits per heavy atom. The van der Waals surface area contributed by atoms with Gasteiger partial charge in [0.05, 0.1) is 24.4 Å². The van der Waals surface area contributed by atoms with Crippen LogP contribution in [0.4, 0.5) is 0 Å². The molecule has 0 aromatic carbocycles. The van der Waals surface area contributed by atoms with Gasteiger partial charge in [0.25, 0.3) is 0 Å². The molecule has 1 atom stereocenters. The van der Waals surface area contributed by atoms with Crippen LogP contribution in [0, 0.1) is 5.92 Å². The molecule has 1 rings (SSSR count). The number of rotatable bonds is 4. The van der Waals surface area contributed by atoms with Gasteiger partial charge in [-0.1, -0.05) is 12.1 Å². The van der Waals surface area contributed by atoms with Gasteiger partial charge in [0.15, 0.2) is 0 Å². The van der Waals surface area contributed by atoms with Crippen LogP contribution in [0.1, 0.15) is 19.5 Å². The molecule has 0 radical (unpaired) electrons. The minimum absolute atomic E-state index is 0.146. The Kier molecular flexibility index (Phi) is 3.62. The van der Waals surface area contributed by atoms with E-state index in [0.717, 1.165) is 5.69 Å². The largest absolute Gasteiger partial charge is 0.466 e. The van der Waals surface area contributed by atoms with Gasteiger partial charge in [-0.15, -0.1) is 5.10 Å². The molecule has 14 heavy (non-hydrogen) atoms. The minimum Gasteiger partial charge on any atom is -0.466 e. The van der Waals surface area contributed by atoms with Crippen LogP contribution in [0.5, 0.6) is 0 Å². The fourth-order valence-electron chi connectivity index (χ4n) is 1.18. The molecule has 0 aliphatic heterocycles. The Morgan fingerprint density at radius 3 is 2.93 bits per heavy atom. The van der Waals surface area contributed by atoms with Gasteiger partial charge < -0.3 is 4.74 Å². The lowest BCUT2D eigenvalue weighted by Gasteiger charge is -2.09. The first kappa shape index (κ1) is 10.7. The number of nitrogens with zero attached hydrogens (tertiary/aromatic N) is 3. The Balaban J connectivity index is 2.52. The molecule has 1 aromatic heterocycles. The van der Waals surface area contributed by atoms with E-state index in [2.05, 4.69) is 10.3 Å². The number of carbonyl (C=O) groups is 1. The zero-order chi connectivity index (χ0) is 10.6. The molecule has 0 amide bonds. The molecule has 0 bridgehead atoms. The third-order valence-corrected chi connectivity index (χ3v) is 2.01. The topological polar surface area (TPSA) is 57.0 Å². The molecule has 1 unspecified atom stereocenters. The quantitative estimate of drug-likeness (QED) is 0.662. The van der Waals surface area contributed by atoms with E-state index in [9.17, 15) is 4.79 Å². The molecule has 78 valence electrons. The van der Waals surface area contributed by atoms with Crippen LogP contribution in [0.3, 0.4) is 0 Å². The van der Waals surface area contributed by atoms with E-state index in [-0.39, 0.29) is 11.9 Å². The second-order valence-corrected chi connectivity index (χ2v) is 3.21. The highest BCUT2D eigenvalue weighted by Gasteiger charge is 2.16. The zero-order valence-electron chi connectivity index (χ0n) is 8.73. The van der Waals surface area contributed by atoms with E-state index in [4.69, 9.17) is 4.74 Å². The summed E-state index contributed by atoms with van der Waals surface area (Å²) in [5, 5.41) is 7.53. The fourth-order valence-corrected chi connectivity index (χ4v) is 1.18. The van der Waals surface area contributed by atoms with Crippen molar-refractivity contribution in [1.82, 2.24) is 15.0 Å². The minimum atomic E-state index is -0.172. The first-order valence-corrected chi connectivity index (χ1v) is 4.65. The Labute approximate surface area is 83.1 Å². The van der Waals surface area contributed by atoms with Crippen molar-refractivity contribution < 1.29 is 9.53 Å².